The second-order valence-corrected chi connectivity index (χ2v) is 11.3. The van der Waals surface area contributed by atoms with E-state index in [0.717, 1.165) is 41.5 Å². The highest BCUT2D eigenvalue weighted by molar-refractivity contribution is 6.30. The Hall–Kier alpha value is -3.07. The largest absolute Gasteiger partial charge is 0.377 e. The summed E-state index contributed by atoms with van der Waals surface area (Å²) in [4.78, 5) is 19.0. The molecule has 0 aliphatic carbocycles. The van der Waals surface area contributed by atoms with Crippen molar-refractivity contribution in [3.63, 3.8) is 0 Å². The molecule has 1 N–H and O–H groups in total. The first kappa shape index (κ1) is 25.6. The topological polar surface area (TPSA) is 88.9 Å². The van der Waals surface area contributed by atoms with E-state index in [-0.39, 0.29) is 17.2 Å². The van der Waals surface area contributed by atoms with E-state index >= 15 is 0 Å². The van der Waals surface area contributed by atoms with Gasteiger partial charge < -0.3 is 9.72 Å². The van der Waals surface area contributed by atoms with Crippen molar-refractivity contribution in [3.8, 4) is 0 Å². The van der Waals surface area contributed by atoms with Crippen LogP contribution in [-0.2, 0) is 16.8 Å². The Labute approximate surface area is 221 Å². The summed E-state index contributed by atoms with van der Waals surface area (Å²) in [7, 11) is 0. The number of hydrogen-bond acceptors (Lipinski definition) is 6. The number of hydrogen-bond donors (Lipinski definition) is 1. The minimum atomic E-state index is -0.497. The van der Waals surface area contributed by atoms with Gasteiger partial charge in [-0.15, -0.1) is 5.10 Å². The van der Waals surface area contributed by atoms with Gasteiger partial charge in [0.1, 0.15) is 6.04 Å². The molecule has 2 atom stereocenters. The Kier molecular flexibility index (Phi) is 7.16. The summed E-state index contributed by atoms with van der Waals surface area (Å²) in [6, 6.07) is 15.4. The summed E-state index contributed by atoms with van der Waals surface area (Å²) >= 11 is 6.17. The number of pyridine rings is 1. The number of H-pyrrole nitrogens is 1. The van der Waals surface area contributed by atoms with Crippen molar-refractivity contribution in [2.45, 2.75) is 64.8 Å². The Balaban J connectivity index is 1.69. The van der Waals surface area contributed by atoms with Gasteiger partial charge in [-0.1, -0.05) is 35.9 Å². The van der Waals surface area contributed by atoms with Crippen LogP contribution >= 0.6 is 11.6 Å². The molecule has 8 nitrogen and oxygen atoms in total. The zero-order valence-electron chi connectivity index (χ0n) is 21.7. The fraction of sp³-hybridized carbons (Fsp3) is 0.429. The van der Waals surface area contributed by atoms with Gasteiger partial charge in [0.15, 0.2) is 5.82 Å². The van der Waals surface area contributed by atoms with Gasteiger partial charge in [0.2, 0.25) is 0 Å². The molecule has 1 aliphatic rings. The fourth-order valence-electron chi connectivity index (χ4n) is 5.01. The predicted molar refractivity (Wildman–Crippen MR) is 145 cm³/mol. The van der Waals surface area contributed by atoms with Crippen LogP contribution in [0.1, 0.15) is 62.2 Å². The molecule has 0 radical (unpaired) electrons. The van der Waals surface area contributed by atoms with Crippen molar-refractivity contribution in [1.29, 1.82) is 0 Å². The molecule has 0 spiro atoms. The number of ether oxygens (including phenoxy) is 1. The van der Waals surface area contributed by atoms with Gasteiger partial charge in [-0.3, -0.25) is 9.69 Å². The summed E-state index contributed by atoms with van der Waals surface area (Å²) in [5, 5.41) is 14.5. The molecule has 0 amide bonds. The lowest BCUT2D eigenvalue weighted by Crippen LogP contribution is -2.40. The SMILES string of the molecule is Cc1ccc2cc(C(c3nnnn3C(C)(C)C)N(Cc3ccc(Cl)cc3)CC3CCCO3)c(=O)[nH]c2c1. The van der Waals surface area contributed by atoms with Crippen molar-refractivity contribution in [2.75, 3.05) is 13.2 Å². The lowest BCUT2D eigenvalue weighted by molar-refractivity contribution is 0.0564. The molecule has 0 bridgehead atoms. The van der Waals surface area contributed by atoms with Crippen LogP contribution in [0.2, 0.25) is 5.02 Å². The summed E-state index contributed by atoms with van der Waals surface area (Å²) in [6.45, 7) is 10.1. The van der Waals surface area contributed by atoms with E-state index < -0.39 is 6.04 Å². The Morgan fingerprint density at radius 1 is 1.19 bits per heavy atom. The zero-order valence-corrected chi connectivity index (χ0v) is 22.5. The molecular weight excluding hydrogens is 488 g/mol. The van der Waals surface area contributed by atoms with E-state index in [1.165, 1.54) is 0 Å². The summed E-state index contributed by atoms with van der Waals surface area (Å²) < 4.78 is 7.87. The number of fused-ring (bicyclic) bond motifs is 1. The van der Waals surface area contributed by atoms with Crippen LogP contribution in [0.25, 0.3) is 10.9 Å². The number of aryl methyl sites for hydroxylation is 1. The number of nitrogens with one attached hydrogen (secondary N) is 1. The van der Waals surface area contributed by atoms with Gasteiger partial charge in [-0.2, -0.15) is 0 Å². The van der Waals surface area contributed by atoms with Crippen LogP contribution in [0.3, 0.4) is 0 Å². The third-order valence-corrected chi connectivity index (χ3v) is 7.08. The van der Waals surface area contributed by atoms with Crippen LogP contribution in [0, 0.1) is 6.92 Å². The number of aromatic amines is 1. The highest BCUT2D eigenvalue weighted by atomic mass is 35.5. The number of halogens is 1. The van der Waals surface area contributed by atoms with Gasteiger partial charge in [-0.25, -0.2) is 4.68 Å². The number of aromatic nitrogens is 5. The van der Waals surface area contributed by atoms with Crippen LogP contribution in [-0.4, -0.2) is 49.3 Å². The van der Waals surface area contributed by atoms with Crippen molar-refractivity contribution >= 4 is 22.5 Å². The Bertz CT molecular complexity index is 1430. The van der Waals surface area contributed by atoms with Crippen LogP contribution in [0.5, 0.6) is 0 Å². The summed E-state index contributed by atoms with van der Waals surface area (Å²) in [5.74, 6) is 0.622. The van der Waals surface area contributed by atoms with Crippen molar-refractivity contribution < 1.29 is 4.74 Å². The van der Waals surface area contributed by atoms with E-state index in [1.54, 1.807) is 0 Å². The molecule has 37 heavy (non-hydrogen) atoms. The quantitative estimate of drug-likeness (QED) is 0.369. The van der Waals surface area contributed by atoms with E-state index in [9.17, 15) is 4.79 Å². The van der Waals surface area contributed by atoms with Crippen molar-refractivity contribution in [3.05, 3.63) is 86.4 Å². The first-order chi connectivity index (χ1) is 17.7. The monoisotopic (exact) mass is 520 g/mol. The highest BCUT2D eigenvalue weighted by Crippen LogP contribution is 2.32. The van der Waals surface area contributed by atoms with Crippen LogP contribution < -0.4 is 5.56 Å². The lowest BCUT2D eigenvalue weighted by atomic mass is 10.00. The molecule has 1 aliphatic heterocycles. The first-order valence-electron chi connectivity index (χ1n) is 12.7. The molecule has 9 heteroatoms. The fourth-order valence-corrected chi connectivity index (χ4v) is 5.14. The average molecular weight is 521 g/mol. The van der Waals surface area contributed by atoms with Crippen LogP contribution in [0.4, 0.5) is 0 Å². The standard InChI is InChI=1S/C28H33ClN6O2/c1-18-7-10-20-15-23(27(36)30-24(20)14-18)25(26-31-32-33-35(26)28(2,3)4)34(17-22-6-5-13-37-22)16-19-8-11-21(29)12-9-19/h7-12,14-15,22,25H,5-6,13,16-17H2,1-4H3,(H,30,36). The van der Waals surface area contributed by atoms with E-state index in [4.69, 9.17) is 16.3 Å². The normalized spacial score (nSPS) is 17.1. The number of nitrogens with zero attached hydrogens (tertiary/aromatic N) is 5. The van der Waals surface area contributed by atoms with Crippen molar-refractivity contribution in [1.82, 2.24) is 30.1 Å². The maximum atomic E-state index is 13.7. The molecule has 2 unspecified atom stereocenters. The summed E-state index contributed by atoms with van der Waals surface area (Å²) in [6.07, 6.45) is 2.07. The molecule has 5 rings (SSSR count). The Morgan fingerprint density at radius 2 is 1.97 bits per heavy atom. The minimum Gasteiger partial charge on any atom is -0.377 e. The number of rotatable bonds is 7. The van der Waals surface area contributed by atoms with E-state index in [1.807, 2.05) is 54.1 Å². The first-order valence-corrected chi connectivity index (χ1v) is 13.1. The number of tetrazole rings is 1. The van der Waals surface area contributed by atoms with E-state index in [0.29, 0.717) is 29.5 Å². The molecule has 194 valence electrons. The molecular formula is C28H33ClN6O2. The molecule has 2 aromatic heterocycles. The molecule has 0 saturated carbocycles. The third kappa shape index (κ3) is 5.61. The summed E-state index contributed by atoms with van der Waals surface area (Å²) in [5.41, 5.74) is 3.05. The van der Waals surface area contributed by atoms with Gasteiger partial charge in [-0.05, 0) is 91.7 Å². The lowest BCUT2D eigenvalue weighted by Gasteiger charge is -2.34. The second-order valence-electron chi connectivity index (χ2n) is 10.9. The van der Waals surface area contributed by atoms with Gasteiger partial charge >= 0.3 is 0 Å². The molecule has 1 saturated heterocycles. The zero-order chi connectivity index (χ0) is 26.2. The maximum absolute atomic E-state index is 13.7. The van der Waals surface area contributed by atoms with Gasteiger partial charge in [0, 0.05) is 35.8 Å². The molecule has 1 fully saturated rings. The van der Waals surface area contributed by atoms with Gasteiger partial charge in [0.25, 0.3) is 5.56 Å². The molecule has 4 aromatic rings. The van der Waals surface area contributed by atoms with E-state index in [2.05, 4.69) is 52.2 Å². The highest BCUT2D eigenvalue weighted by Gasteiger charge is 2.35. The second kappa shape index (κ2) is 10.4. The van der Waals surface area contributed by atoms with Crippen molar-refractivity contribution in [2.24, 2.45) is 0 Å². The average Bonchev–Trinajstić information content (AvgIpc) is 3.53. The van der Waals surface area contributed by atoms with Gasteiger partial charge in [0.05, 0.1) is 11.6 Å². The molecule has 3 heterocycles. The predicted octanol–water partition coefficient (Wildman–Crippen LogP) is 5.00. The van der Waals surface area contributed by atoms with Crippen LogP contribution in [0.15, 0.2) is 53.3 Å². The Morgan fingerprint density at radius 3 is 2.68 bits per heavy atom. The third-order valence-electron chi connectivity index (χ3n) is 6.82. The minimum absolute atomic E-state index is 0.0657. The molecule has 2 aromatic carbocycles. The maximum Gasteiger partial charge on any atom is 0.253 e. The smallest absolute Gasteiger partial charge is 0.253 e. The number of benzene rings is 2.